The molecule has 3 N–H and O–H groups in total. The number of pyridine rings is 1. The highest BCUT2D eigenvalue weighted by atomic mass is 32.2. The molecule has 1 aliphatic carbocycles. The molecule has 3 heterocycles. The second-order valence-electron chi connectivity index (χ2n) is 7.81. The van der Waals surface area contributed by atoms with Crippen LogP contribution >= 0.6 is 0 Å². The first kappa shape index (κ1) is 19.2. The number of sulfone groups is 1. The number of benzene rings is 1. The highest BCUT2D eigenvalue weighted by Gasteiger charge is 2.35. The zero-order chi connectivity index (χ0) is 20.9. The zero-order valence-electron chi connectivity index (χ0n) is 16.1. The fraction of sp³-hybridized carbons (Fsp3) is 0.350. The lowest BCUT2D eigenvalue weighted by molar-refractivity contribution is -0.0508. The van der Waals surface area contributed by atoms with E-state index in [9.17, 15) is 18.6 Å². The van der Waals surface area contributed by atoms with Crippen molar-refractivity contribution in [2.45, 2.75) is 47.2 Å². The van der Waals surface area contributed by atoms with Crippen molar-refractivity contribution >= 4 is 31.9 Å². The Hall–Kier alpha value is -2.82. The van der Waals surface area contributed by atoms with Gasteiger partial charge in [-0.1, -0.05) is 18.2 Å². The molecular weight excluding hydrogens is 406 g/mol. The lowest BCUT2D eigenvalue weighted by Crippen LogP contribution is -2.38. The van der Waals surface area contributed by atoms with E-state index < -0.39 is 15.4 Å². The molecule has 9 nitrogen and oxygen atoms in total. The topological polar surface area (TPSA) is 134 Å². The van der Waals surface area contributed by atoms with Crippen molar-refractivity contribution in [1.29, 1.82) is 0 Å². The van der Waals surface area contributed by atoms with Crippen LogP contribution in [0.5, 0.6) is 0 Å². The average Bonchev–Trinajstić information content (AvgIpc) is 3.41. The number of nitrogens with zero attached hydrogens (tertiary/aromatic N) is 4. The molecule has 30 heavy (non-hydrogen) atoms. The molecule has 0 unspecified atom stereocenters. The van der Waals surface area contributed by atoms with E-state index in [1.807, 2.05) is 4.68 Å². The molecule has 0 bridgehead atoms. The molecule has 0 radical (unpaired) electrons. The van der Waals surface area contributed by atoms with Crippen LogP contribution in [0, 0.1) is 0 Å². The van der Waals surface area contributed by atoms with Crippen molar-refractivity contribution in [2.75, 3.05) is 6.61 Å². The van der Waals surface area contributed by atoms with E-state index in [0.717, 1.165) is 0 Å². The molecule has 3 aromatic heterocycles. The van der Waals surface area contributed by atoms with Gasteiger partial charge in [0.15, 0.2) is 10.7 Å². The average molecular weight is 427 g/mol. The normalized spacial score (nSPS) is 22.7. The number of aliphatic hydroxyl groups excluding tert-OH is 1. The number of rotatable bonds is 4. The van der Waals surface area contributed by atoms with E-state index in [1.54, 1.807) is 30.5 Å². The summed E-state index contributed by atoms with van der Waals surface area (Å²) in [5.41, 5.74) is 0.177. The minimum Gasteiger partial charge on any atom is -0.393 e. The summed E-state index contributed by atoms with van der Waals surface area (Å²) in [6.07, 6.45) is 3.74. The molecule has 0 amide bonds. The van der Waals surface area contributed by atoms with E-state index in [1.165, 1.54) is 12.1 Å². The number of aromatic amines is 1. The first-order valence-electron chi connectivity index (χ1n) is 9.77. The van der Waals surface area contributed by atoms with Crippen molar-refractivity contribution in [2.24, 2.45) is 0 Å². The van der Waals surface area contributed by atoms with Crippen LogP contribution in [0.4, 0.5) is 0 Å². The minimum atomic E-state index is -3.89. The Labute approximate surface area is 172 Å². The SMILES string of the molecule is O=S(=O)(c1ccccc1)c1nc2nccc2c2c1n[nH]n2C1CCC(O)(CO)CC1. The molecule has 156 valence electrons. The molecular formula is C20H21N5O4S. The van der Waals surface area contributed by atoms with Gasteiger partial charge in [0, 0.05) is 11.6 Å². The molecule has 4 aromatic rings. The maximum atomic E-state index is 13.3. The molecule has 5 rings (SSSR count). The van der Waals surface area contributed by atoms with E-state index in [0.29, 0.717) is 42.2 Å². The van der Waals surface area contributed by atoms with Gasteiger partial charge >= 0.3 is 0 Å². The second-order valence-corrected chi connectivity index (χ2v) is 9.67. The Morgan fingerprint density at radius 2 is 1.90 bits per heavy atom. The van der Waals surface area contributed by atoms with Crippen LogP contribution in [0.25, 0.3) is 22.1 Å². The third-order valence-corrected chi connectivity index (χ3v) is 7.62. The lowest BCUT2D eigenvalue weighted by Gasteiger charge is -2.34. The number of hydrogen-bond donors (Lipinski definition) is 3. The second kappa shape index (κ2) is 6.86. The predicted octanol–water partition coefficient (Wildman–Crippen LogP) is 1.98. The van der Waals surface area contributed by atoms with Gasteiger partial charge in [0.05, 0.1) is 23.1 Å². The molecule has 1 aromatic carbocycles. The van der Waals surface area contributed by atoms with Gasteiger partial charge < -0.3 is 10.2 Å². The summed E-state index contributed by atoms with van der Waals surface area (Å²) in [6, 6.07) is 9.92. The zero-order valence-corrected chi connectivity index (χ0v) is 16.9. The Bertz CT molecular complexity index is 1320. The van der Waals surface area contributed by atoms with Crippen LogP contribution in [-0.2, 0) is 9.84 Å². The van der Waals surface area contributed by atoms with Crippen LogP contribution < -0.4 is 0 Å². The van der Waals surface area contributed by atoms with Gasteiger partial charge in [0.25, 0.3) is 0 Å². The number of fused-ring (bicyclic) bond motifs is 3. The molecule has 0 atom stereocenters. The predicted molar refractivity (Wildman–Crippen MR) is 109 cm³/mol. The van der Waals surface area contributed by atoms with Crippen molar-refractivity contribution in [1.82, 2.24) is 25.0 Å². The highest BCUT2D eigenvalue weighted by Crippen LogP contribution is 2.38. The van der Waals surface area contributed by atoms with Crippen molar-refractivity contribution in [3.63, 3.8) is 0 Å². The Balaban J connectivity index is 1.68. The Kier molecular flexibility index (Phi) is 4.38. The summed E-state index contributed by atoms with van der Waals surface area (Å²) in [6.45, 7) is -0.269. The van der Waals surface area contributed by atoms with Crippen LogP contribution in [0.1, 0.15) is 31.7 Å². The first-order chi connectivity index (χ1) is 14.4. The minimum absolute atomic E-state index is 0.0189. The number of aliphatic hydroxyl groups is 2. The summed E-state index contributed by atoms with van der Waals surface area (Å²) in [4.78, 5) is 8.72. The van der Waals surface area contributed by atoms with Crippen LogP contribution in [-0.4, -0.2) is 55.8 Å². The van der Waals surface area contributed by atoms with E-state index in [4.69, 9.17) is 0 Å². The van der Waals surface area contributed by atoms with Crippen molar-refractivity contribution < 1.29 is 18.6 Å². The van der Waals surface area contributed by atoms with Gasteiger partial charge in [0.1, 0.15) is 11.0 Å². The van der Waals surface area contributed by atoms with E-state index >= 15 is 0 Å². The lowest BCUT2D eigenvalue weighted by atomic mass is 9.83. The maximum Gasteiger partial charge on any atom is 0.226 e. The third kappa shape index (κ3) is 2.91. The van der Waals surface area contributed by atoms with Gasteiger partial charge in [-0.2, -0.15) is 5.10 Å². The Morgan fingerprint density at radius 3 is 2.60 bits per heavy atom. The number of nitrogens with one attached hydrogen (secondary N) is 1. The van der Waals surface area contributed by atoms with Gasteiger partial charge in [-0.15, -0.1) is 0 Å². The third-order valence-electron chi connectivity index (χ3n) is 5.93. The fourth-order valence-corrected chi connectivity index (χ4v) is 5.54. The van der Waals surface area contributed by atoms with Crippen LogP contribution in [0.15, 0.2) is 52.5 Å². The summed E-state index contributed by atoms with van der Waals surface area (Å²) >= 11 is 0. The van der Waals surface area contributed by atoms with Gasteiger partial charge in [-0.3, -0.25) is 4.68 Å². The van der Waals surface area contributed by atoms with Crippen LogP contribution in [0.2, 0.25) is 0 Å². The quantitative estimate of drug-likeness (QED) is 0.453. The largest absolute Gasteiger partial charge is 0.393 e. The molecule has 0 spiro atoms. The van der Waals surface area contributed by atoms with Gasteiger partial charge in [-0.05, 0) is 43.9 Å². The molecule has 1 saturated carbocycles. The van der Waals surface area contributed by atoms with E-state index in [2.05, 4.69) is 20.3 Å². The standard InChI is InChI=1S/C20H21N5O4S/c26-12-20(27)9-6-13(7-10-20)25-17-15-8-11-21-18(15)22-19(16(17)23-24-25)30(28,29)14-4-2-1-3-5-14/h1-5,8,11,13,24,26-27H,6-7,9-10,12H2. The van der Waals surface area contributed by atoms with Crippen molar-refractivity contribution in [3.05, 3.63) is 42.6 Å². The summed E-state index contributed by atoms with van der Waals surface area (Å²) in [5.74, 6) is 0. The van der Waals surface area contributed by atoms with Crippen molar-refractivity contribution in [3.8, 4) is 0 Å². The summed E-state index contributed by atoms with van der Waals surface area (Å²) in [5, 5.41) is 27.6. The highest BCUT2D eigenvalue weighted by molar-refractivity contribution is 7.91. The van der Waals surface area contributed by atoms with E-state index in [-0.39, 0.29) is 28.1 Å². The smallest absolute Gasteiger partial charge is 0.226 e. The molecule has 1 aliphatic rings. The Morgan fingerprint density at radius 1 is 1.17 bits per heavy atom. The van der Waals surface area contributed by atoms with Gasteiger partial charge in [-0.25, -0.2) is 23.6 Å². The number of H-pyrrole nitrogens is 1. The molecule has 1 fully saturated rings. The molecule has 0 aliphatic heterocycles. The fourth-order valence-electron chi connectivity index (χ4n) is 4.20. The first-order valence-corrected chi connectivity index (χ1v) is 11.3. The van der Waals surface area contributed by atoms with Crippen LogP contribution in [0.3, 0.4) is 0 Å². The number of hydrogen-bond acceptors (Lipinski definition) is 7. The summed E-state index contributed by atoms with van der Waals surface area (Å²) in [7, 11) is -3.89. The maximum absolute atomic E-state index is 13.3. The molecule has 0 saturated heterocycles. The summed E-state index contributed by atoms with van der Waals surface area (Å²) < 4.78 is 28.5. The number of aromatic nitrogens is 5. The van der Waals surface area contributed by atoms with Gasteiger partial charge in [0.2, 0.25) is 9.84 Å². The monoisotopic (exact) mass is 427 g/mol. The molecule has 10 heteroatoms.